The highest BCUT2D eigenvalue weighted by Gasteiger charge is 2.50. The highest BCUT2D eigenvalue weighted by Crippen LogP contribution is 2.44. The quantitative estimate of drug-likeness (QED) is 0.390. The summed E-state index contributed by atoms with van der Waals surface area (Å²) in [6.45, 7) is 5.19. The summed E-state index contributed by atoms with van der Waals surface area (Å²) < 4.78 is 12.5. The molecule has 5 heterocycles. The van der Waals surface area contributed by atoms with E-state index in [1.165, 1.54) is 17.9 Å². The van der Waals surface area contributed by atoms with Gasteiger partial charge in [0.15, 0.2) is 11.2 Å². The zero-order valence-corrected chi connectivity index (χ0v) is 24.0. The van der Waals surface area contributed by atoms with Crippen LogP contribution in [0.2, 0.25) is 0 Å². The number of carbonyl (C=O) groups is 1. The molecule has 0 radical (unpaired) electrons. The predicted octanol–water partition coefficient (Wildman–Crippen LogP) is 1.51. The first-order valence-electron chi connectivity index (χ1n) is 14.3. The summed E-state index contributed by atoms with van der Waals surface area (Å²) in [7, 11) is 3.02. The minimum Gasteiger partial charge on any atom is -0.386 e. The summed E-state index contributed by atoms with van der Waals surface area (Å²) >= 11 is 0. The number of nitrogens with zero attached hydrogens (tertiary/aromatic N) is 7. The Kier molecular flexibility index (Phi) is 6.65. The number of hydrogen-bond donors (Lipinski definition) is 1. The van der Waals surface area contributed by atoms with E-state index in [4.69, 9.17) is 9.72 Å². The van der Waals surface area contributed by atoms with Gasteiger partial charge in [-0.2, -0.15) is 0 Å². The molecule has 0 bridgehead atoms. The van der Waals surface area contributed by atoms with Crippen LogP contribution in [0, 0.1) is 0 Å². The summed E-state index contributed by atoms with van der Waals surface area (Å²) in [5.74, 6) is 0.970. The standard InChI is InChI=1S/C29H37N7O5/c1-5-8-22-31-19-9-6-7-10-20(19)35(22)16-23(37)34-13-11-29(12-14-34)15-21(28(2,40)17-41-29)36-18-30-25-24(36)26(38)33(4)27(39)32(25)3/h6-7,9-10,18,21,40H,5,8,11-17H2,1-4H3/t21-,28-/m0/s1. The zero-order chi connectivity index (χ0) is 29.1. The molecule has 2 fully saturated rings. The Bertz CT molecular complexity index is 1750. The summed E-state index contributed by atoms with van der Waals surface area (Å²) in [6, 6.07) is 7.41. The van der Waals surface area contributed by atoms with Crippen molar-refractivity contribution in [3.63, 3.8) is 0 Å². The number of ether oxygens (including phenoxy) is 1. The van der Waals surface area contributed by atoms with Gasteiger partial charge in [-0.1, -0.05) is 19.1 Å². The van der Waals surface area contributed by atoms with E-state index < -0.39 is 28.5 Å². The summed E-state index contributed by atoms with van der Waals surface area (Å²) in [6.07, 6.45) is 4.96. The molecule has 12 nitrogen and oxygen atoms in total. The fourth-order valence-corrected chi connectivity index (χ4v) is 6.49. The minimum atomic E-state index is -1.26. The smallest absolute Gasteiger partial charge is 0.332 e. The lowest BCUT2D eigenvalue weighted by Gasteiger charge is -2.51. The third-order valence-corrected chi connectivity index (χ3v) is 8.99. The number of hydrogen-bond acceptors (Lipinski definition) is 7. The van der Waals surface area contributed by atoms with Gasteiger partial charge in [0.25, 0.3) is 5.56 Å². The van der Waals surface area contributed by atoms with Gasteiger partial charge < -0.3 is 23.9 Å². The van der Waals surface area contributed by atoms with E-state index in [1.54, 1.807) is 18.5 Å². The molecular weight excluding hydrogens is 526 g/mol. The molecule has 2 aliphatic heterocycles. The second-order valence-electron chi connectivity index (χ2n) is 11.8. The first kappa shape index (κ1) is 27.4. The van der Waals surface area contributed by atoms with E-state index in [0.717, 1.165) is 34.3 Å². The van der Waals surface area contributed by atoms with Crippen molar-refractivity contribution in [3.05, 3.63) is 57.3 Å². The maximum absolute atomic E-state index is 13.5. The van der Waals surface area contributed by atoms with Crippen LogP contribution in [-0.2, 0) is 36.6 Å². The number of piperidine rings is 1. The highest BCUT2D eigenvalue weighted by molar-refractivity contribution is 5.81. The van der Waals surface area contributed by atoms with Gasteiger partial charge >= 0.3 is 5.69 Å². The van der Waals surface area contributed by atoms with E-state index in [2.05, 4.69) is 11.9 Å². The van der Waals surface area contributed by atoms with Gasteiger partial charge in [-0.3, -0.25) is 18.7 Å². The lowest BCUT2D eigenvalue weighted by molar-refractivity contribution is -0.201. The highest BCUT2D eigenvalue weighted by atomic mass is 16.5. The largest absolute Gasteiger partial charge is 0.386 e. The van der Waals surface area contributed by atoms with E-state index in [0.29, 0.717) is 32.4 Å². The Morgan fingerprint density at radius 3 is 2.61 bits per heavy atom. The number of rotatable bonds is 5. The molecule has 1 aromatic carbocycles. The van der Waals surface area contributed by atoms with Crippen LogP contribution in [0.5, 0.6) is 0 Å². The van der Waals surface area contributed by atoms with Gasteiger partial charge in [0.2, 0.25) is 5.91 Å². The second kappa shape index (κ2) is 9.95. The first-order valence-corrected chi connectivity index (χ1v) is 14.3. The number of aryl methyl sites for hydroxylation is 2. The molecule has 2 aliphatic rings. The van der Waals surface area contributed by atoms with Crippen molar-refractivity contribution in [2.24, 2.45) is 14.1 Å². The van der Waals surface area contributed by atoms with Crippen LogP contribution < -0.4 is 11.2 Å². The van der Waals surface area contributed by atoms with E-state index in [9.17, 15) is 19.5 Å². The number of fused-ring (bicyclic) bond motifs is 2. The second-order valence-corrected chi connectivity index (χ2v) is 11.8. The van der Waals surface area contributed by atoms with Crippen LogP contribution in [0.3, 0.4) is 0 Å². The zero-order valence-electron chi connectivity index (χ0n) is 24.0. The number of amides is 1. The Morgan fingerprint density at radius 1 is 1.15 bits per heavy atom. The van der Waals surface area contributed by atoms with Gasteiger partial charge in [0, 0.05) is 40.0 Å². The van der Waals surface area contributed by atoms with Crippen LogP contribution in [0.4, 0.5) is 0 Å². The molecule has 41 heavy (non-hydrogen) atoms. The van der Waals surface area contributed by atoms with Crippen molar-refractivity contribution in [2.45, 2.75) is 69.7 Å². The van der Waals surface area contributed by atoms with Crippen LogP contribution in [0.1, 0.15) is 51.4 Å². The maximum atomic E-state index is 13.5. The Labute approximate surface area is 236 Å². The molecule has 1 amide bonds. The summed E-state index contributed by atoms with van der Waals surface area (Å²) in [5.41, 5.74) is -0.293. The molecular formula is C29H37N7O5. The normalized spacial score (nSPS) is 22.7. The van der Waals surface area contributed by atoms with Crippen molar-refractivity contribution in [1.82, 2.24) is 33.1 Å². The Hall–Kier alpha value is -3.77. The number of aromatic nitrogens is 6. The Balaban J connectivity index is 1.22. The summed E-state index contributed by atoms with van der Waals surface area (Å²) in [5, 5.41) is 11.4. The molecule has 2 atom stereocenters. The van der Waals surface area contributed by atoms with Crippen LogP contribution >= 0.6 is 0 Å². The van der Waals surface area contributed by atoms with Gasteiger partial charge in [0.05, 0.1) is 35.6 Å². The fraction of sp³-hybridized carbons (Fsp3) is 0.552. The van der Waals surface area contributed by atoms with Crippen LogP contribution in [-0.4, -0.2) is 75.0 Å². The molecule has 218 valence electrons. The molecule has 0 unspecified atom stereocenters. The van der Waals surface area contributed by atoms with Crippen LogP contribution in [0.25, 0.3) is 22.2 Å². The lowest BCUT2D eigenvalue weighted by Crippen LogP contribution is -2.57. The molecule has 0 saturated carbocycles. The average Bonchev–Trinajstić information content (AvgIpc) is 3.55. The molecule has 4 aromatic rings. The van der Waals surface area contributed by atoms with Crippen LogP contribution in [0.15, 0.2) is 40.2 Å². The molecule has 0 aliphatic carbocycles. The minimum absolute atomic E-state index is 0.0460. The van der Waals surface area contributed by atoms with E-state index >= 15 is 0 Å². The lowest BCUT2D eigenvalue weighted by atomic mass is 9.77. The van der Waals surface area contributed by atoms with E-state index in [-0.39, 0.29) is 30.2 Å². The van der Waals surface area contributed by atoms with Gasteiger partial charge in [-0.15, -0.1) is 0 Å². The SMILES string of the molecule is CCCc1nc2ccccc2n1CC(=O)N1CCC2(CC1)C[C@H](n1cnc3c1c(=O)n(C)c(=O)n3C)[C@@](C)(O)CO2. The summed E-state index contributed by atoms with van der Waals surface area (Å²) in [4.78, 5) is 50.1. The van der Waals surface area contributed by atoms with Crippen molar-refractivity contribution >= 4 is 28.1 Å². The third-order valence-electron chi connectivity index (χ3n) is 8.99. The Morgan fingerprint density at radius 2 is 1.88 bits per heavy atom. The van der Waals surface area contributed by atoms with Crippen molar-refractivity contribution in [1.29, 1.82) is 0 Å². The third kappa shape index (κ3) is 4.49. The number of likely N-dealkylation sites (tertiary alicyclic amines) is 1. The number of aliphatic hydroxyl groups is 1. The molecule has 12 heteroatoms. The fourth-order valence-electron chi connectivity index (χ4n) is 6.49. The topological polar surface area (TPSA) is 129 Å². The number of benzene rings is 1. The molecule has 1 spiro atoms. The number of para-hydroxylation sites is 2. The number of carbonyl (C=O) groups excluding carboxylic acids is 1. The predicted molar refractivity (Wildman–Crippen MR) is 153 cm³/mol. The van der Waals surface area contributed by atoms with Crippen molar-refractivity contribution in [3.8, 4) is 0 Å². The average molecular weight is 564 g/mol. The molecule has 1 N–H and O–H groups in total. The molecule has 6 rings (SSSR count). The van der Waals surface area contributed by atoms with Gasteiger partial charge in [-0.05, 0) is 38.3 Å². The van der Waals surface area contributed by atoms with E-state index in [1.807, 2.05) is 33.7 Å². The van der Waals surface area contributed by atoms with Crippen molar-refractivity contribution in [2.75, 3.05) is 19.7 Å². The monoisotopic (exact) mass is 563 g/mol. The van der Waals surface area contributed by atoms with Gasteiger partial charge in [-0.25, -0.2) is 14.8 Å². The van der Waals surface area contributed by atoms with Gasteiger partial charge in [0.1, 0.15) is 18.0 Å². The molecule has 2 saturated heterocycles. The molecule has 3 aromatic heterocycles. The van der Waals surface area contributed by atoms with Crippen molar-refractivity contribution < 1.29 is 14.6 Å². The maximum Gasteiger partial charge on any atom is 0.332 e. The number of imidazole rings is 2. The first-order chi connectivity index (χ1) is 19.5.